The maximum Gasteiger partial charge on any atom is 0.268 e. The second kappa shape index (κ2) is 5.82. The molecule has 3 aromatic rings. The van der Waals surface area contributed by atoms with Crippen LogP contribution in [0, 0.1) is 18.8 Å². The number of piperidine rings is 1. The molecule has 1 aliphatic heterocycles. The van der Waals surface area contributed by atoms with Crippen LogP contribution in [0.1, 0.15) is 37.8 Å². The van der Waals surface area contributed by atoms with Gasteiger partial charge < -0.3 is 10.3 Å². The predicted molar refractivity (Wildman–Crippen MR) is 96.2 cm³/mol. The third kappa shape index (κ3) is 2.57. The van der Waals surface area contributed by atoms with E-state index in [1.165, 1.54) is 11.3 Å². The summed E-state index contributed by atoms with van der Waals surface area (Å²) in [6.45, 7) is 7.45. The molecule has 0 radical (unpaired) electrons. The van der Waals surface area contributed by atoms with Crippen molar-refractivity contribution in [3.63, 3.8) is 0 Å². The van der Waals surface area contributed by atoms with Gasteiger partial charge in [0.15, 0.2) is 0 Å². The highest BCUT2D eigenvalue weighted by Crippen LogP contribution is 2.33. The highest BCUT2D eigenvalue weighted by atomic mass is 32.1. The molecule has 7 heteroatoms. The molecule has 0 aromatic carbocycles. The van der Waals surface area contributed by atoms with Crippen LogP contribution in [0.2, 0.25) is 0 Å². The van der Waals surface area contributed by atoms with Gasteiger partial charge in [-0.25, -0.2) is 4.98 Å². The Labute approximate surface area is 143 Å². The molecule has 4 rings (SSSR count). The molecule has 0 amide bonds. The Morgan fingerprint density at radius 1 is 1.29 bits per heavy atom. The zero-order valence-electron chi connectivity index (χ0n) is 14.0. The van der Waals surface area contributed by atoms with Gasteiger partial charge in [-0.05, 0) is 37.8 Å². The molecule has 0 bridgehead atoms. The maximum absolute atomic E-state index is 12.5. The van der Waals surface area contributed by atoms with Gasteiger partial charge in [0.05, 0.1) is 17.8 Å². The molecule has 24 heavy (non-hydrogen) atoms. The number of rotatable bonds is 2. The van der Waals surface area contributed by atoms with Crippen molar-refractivity contribution in [2.45, 2.75) is 33.2 Å². The van der Waals surface area contributed by atoms with Crippen LogP contribution in [0.5, 0.6) is 0 Å². The van der Waals surface area contributed by atoms with E-state index in [-0.39, 0.29) is 11.6 Å². The lowest BCUT2D eigenvalue weighted by molar-refractivity contribution is 0.237. The number of hydrogen-bond acceptors (Lipinski definition) is 5. The Morgan fingerprint density at radius 2 is 2.12 bits per heavy atom. The summed E-state index contributed by atoms with van der Waals surface area (Å²) in [7, 11) is 0. The monoisotopic (exact) mass is 343 g/mol. The Hall–Kier alpha value is -1.99. The predicted octanol–water partition coefficient (Wildman–Crippen LogP) is 2.99. The van der Waals surface area contributed by atoms with E-state index in [1.807, 2.05) is 13.0 Å². The average molecular weight is 343 g/mol. The molecular formula is C17H21N5OS. The van der Waals surface area contributed by atoms with Crippen LogP contribution >= 0.6 is 11.3 Å². The minimum atomic E-state index is -0.0551. The molecular weight excluding hydrogens is 322 g/mol. The molecule has 1 aliphatic rings. The molecule has 1 saturated heterocycles. The molecule has 0 saturated carbocycles. The fraction of sp³-hybridized carbons (Fsp3) is 0.471. The standard InChI is InChI=1S/C17H21N5OS/c1-8-4-13(18-6-9(8)2)16-20-12-5-14(11-7-19-22-10(11)3)24-15(12)17(23)21-16/h5,7-9,13,18H,4,6H2,1-3H3,(H,19,22)(H,20,21,23)/t8-,9+,13?/m1/s1. The third-order valence-electron chi connectivity index (χ3n) is 5.09. The largest absolute Gasteiger partial charge is 0.308 e. The van der Waals surface area contributed by atoms with Gasteiger partial charge in [-0.15, -0.1) is 11.3 Å². The number of nitrogens with one attached hydrogen (secondary N) is 3. The van der Waals surface area contributed by atoms with E-state index in [1.54, 1.807) is 6.20 Å². The molecule has 3 atom stereocenters. The Balaban J connectivity index is 1.75. The fourth-order valence-corrected chi connectivity index (χ4v) is 4.34. The smallest absolute Gasteiger partial charge is 0.268 e. The number of aromatic nitrogens is 4. The van der Waals surface area contributed by atoms with Crippen LogP contribution in [0.15, 0.2) is 17.1 Å². The molecule has 126 valence electrons. The normalized spacial score (nSPS) is 24.5. The number of hydrogen-bond donors (Lipinski definition) is 3. The van der Waals surface area contributed by atoms with Crippen molar-refractivity contribution < 1.29 is 0 Å². The topological polar surface area (TPSA) is 86.5 Å². The summed E-state index contributed by atoms with van der Waals surface area (Å²) in [4.78, 5) is 21.3. The van der Waals surface area contributed by atoms with Gasteiger partial charge in [-0.2, -0.15) is 5.10 Å². The minimum absolute atomic E-state index is 0.0551. The number of aryl methyl sites for hydroxylation is 1. The summed E-state index contributed by atoms with van der Waals surface area (Å²) >= 11 is 1.47. The lowest BCUT2D eigenvalue weighted by Gasteiger charge is -2.32. The van der Waals surface area contributed by atoms with Gasteiger partial charge in [0.25, 0.3) is 5.56 Å². The van der Waals surface area contributed by atoms with Crippen LogP contribution in [0.3, 0.4) is 0 Å². The van der Waals surface area contributed by atoms with E-state index in [0.29, 0.717) is 16.5 Å². The first-order valence-corrected chi connectivity index (χ1v) is 9.12. The summed E-state index contributed by atoms with van der Waals surface area (Å²) < 4.78 is 0.673. The van der Waals surface area contributed by atoms with Crippen LogP contribution < -0.4 is 10.9 Å². The third-order valence-corrected chi connectivity index (χ3v) is 6.25. The average Bonchev–Trinajstić information content (AvgIpc) is 3.16. The van der Waals surface area contributed by atoms with E-state index in [0.717, 1.165) is 40.4 Å². The summed E-state index contributed by atoms with van der Waals surface area (Å²) in [6, 6.07) is 2.11. The first kappa shape index (κ1) is 15.5. The number of H-pyrrole nitrogens is 2. The van der Waals surface area contributed by atoms with Crippen molar-refractivity contribution in [1.29, 1.82) is 0 Å². The summed E-state index contributed by atoms with van der Waals surface area (Å²) in [5, 5.41) is 10.5. The van der Waals surface area contributed by atoms with Crippen molar-refractivity contribution in [1.82, 2.24) is 25.5 Å². The van der Waals surface area contributed by atoms with Gasteiger partial charge in [-0.1, -0.05) is 13.8 Å². The van der Waals surface area contributed by atoms with E-state index in [9.17, 15) is 4.79 Å². The Morgan fingerprint density at radius 3 is 2.83 bits per heavy atom. The van der Waals surface area contributed by atoms with Gasteiger partial charge in [0.1, 0.15) is 10.5 Å². The number of nitrogens with zero attached hydrogens (tertiary/aromatic N) is 2. The lowest BCUT2D eigenvalue weighted by atomic mass is 9.85. The van der Waals surface area contributed by atoms with E-state index >= 15 is 0 Å². The van der Waals surface area contributed by atoms with Crippen molar-refractivity contribution >= 4 is 21.6 Å². The Kier molecular flexibility index (Phi) is 3.77. The molecule has 0 spiro atoms. The second-order valence-corrected chi connectivity index (χ2v) is 7.89. The summed E-state index contributed by atoms with van der Waals surface area (Å²) in [5.41, 5.74) is 2.73. The van der Waals surface area contributed by atoms with Gasteiger partial charge >= 0.3 is 0 Å². The second-order valence-electron chi connectivity index (χ2n) is 6.84. The number of aromatic amines is 2. The fourth-order valence-electron chi connectivity index (χ4n) is 3.28. The van der Waals surface area contributed by atoms with Gasteiger partial charge in [0.2, 0.25) is 0 Å². The summed E-state index contributed by atoms with van der Waals surface area (Å²) in [5.74, 6) is 2.01. The van der Waals surface area contributed by atoms with Crippen LogP contribution in [0.25, 0.3) is 20.7 Å². The first-order chi connectivity index (χ1) is 11.5. The number of thiophene rings is 1. The SMILES string of the molecule is Cc1[nH]ncc1-c1cc2nc(C3C[C@@H](C)[C@@H](C)CN3)[nH]c(=O)c2s1. The van der Waals surface area contributed by atoms with Crippen molar-refractivity contribution in [2.24, 2.45) is 11.8 Å². The Bertz CT molecular complexity index is 940. The van der Waals surface area contributed by atoms with Crippen molar-refractivity contribution in [3.05, 3.63) is 34.1 Å². The van der Waals surface area contributed by atoms with Crippen LogP contribution in [0.4, 0.5) is 0 Å². The molecule has 1 fully saturated rings. The zero-order valence-corrected chi connectivity index (χ0v) is 14.8. The van der Waals surface area contributed by atoms with E-state index in [2.05, 4.69) is 34.3 Å². The first-order valence-electron chi connectivity index (χ1n) is 8.30. The summed E-state index contributed by atoms with van der Waals surface area (Å²) in [6.07, 6.45) is 2.79. The molecule has 3 N–H and O–H groups in total. The highest BCUT2D eigenvalue weighted by molar-refractivity contribution is 7.22. The molecule has 3 aromatic heterocycles. The minimum Gasteiger partial charge on any atom is -0.308 e. The van der Waals surface area contributed by atoms with E-state index in [4.69, 9.17) is 4.98 Å². The molecule has 4 heterocycles. The lowest BCUT2D eigenvalue weighted by Crippen LogP contribution is -2.38. The van der Waals surface area contributed by atoms with Crippen LogP contribution in [-0.2, 0) is 0 Å². The molecule has 0 aliphatic carbocycles. The van der Waals surface area contributed by atoms with Gasteiger partial charge in [0, 0.05) is 16.1 Å². The quantitative estimate of drug-likeness (QED) is 0.667. The van der Waals surface area contributed by atoms with Crippen molar-refractivity contribution in [2.75, 3.05) is 6.54 Å². The highest BCUT2D eigenvalue weighted by Gasteiger charge is 2.27. The number of fused-ring (bicyclic) bond motifs is 1. The molecule has 6 nitrogen and oxygen atoms in total. The molecule has 1 unspecified atom stereocenters. The van der Waals surface area contributed by atoms with E-state index < -0.39 is 0 Å². The zero-order chi connectivity index (χ0) is 16.8. The maximum atomic E-state index is 12.5. The van der Waals surface area contributed by atoms with Gasteiger partial charge in [-0.3, -0.25) is 9.89 Å². The van der Waals surface area contributed by atoms with Crippen LogP contribution in [-0.4, -0.2) is 26.7 Å². The van der Waals surface area contributed by atoms with Crippen molar-refractivity contribution in [3.8, 4) is 10.4 Å².